The van der Waals surface area contributed by atoms with Crippen molar-refractivity contribution in [2.45, 2.75) is 25.8 Å². The third-order valence-corrected chi connectivity index (χ3v) is 3.69. The summed E-state index contributed by atoms with van der Waals surface area (Å²) >= 11 is 0. The highest BCUT2D eigenvalue weighted by atomic mass is 19.1. The average Bonchev–Trinajstić information content (AvgIpc) is 2.46. The van der Waals surface area contributed by atoms with E-state index in [0.717, 1.165) is 19.4 Å². The Balaban J connectivity index is 2.33. The zero-order valence-electron chi connectivity index (χ0n) is 11.9. The summed E-state index contributed by atoms with van der Waals surface area (Å²) in [5.41, 5.74) is 0.0863. The van der Waals surface area contributed by atoms with Crippen molar-refractivity contribution in [2.24, 2.45) is 5.92 Å². The second-order valence-electron chi connectivity index (χ2n) is 5.02. The standard InChI is InChI=1S/C15H21F2NO2/c1-3-18-15(10-5-4-6-20-9-10)14-12(16)7-11(19-2)8-13(14)17/h7-8,10,15,18H,3-6,9H2,1-2H3. The Morgan fingerprint density at radius 1 is 1.40 bits per heavy atom. The predicted molar refractivity (Wildman–Crippen MR) is 72.9 cm³/mol. The van der Waals surface area contributed by atoms with Crippen LogP contribution in [0.5, 0.6) is 5.75 Å². The van der Waals surface area contributed by atoms with E-state index in [1.54, 1.807) is 0 Å². The van der Waals surface area contributed by atoms with Gasteiger partial charge in [0.05, 0.1) is 13.7 Å². The third kappa shape index (κ3) is 3.27. The molecule has 2 rings (SSSR count). The number of halogens is 2. The van der Waals surface area contributed by atoms with E-state index in [9.17, 15) is 8.78 Å². The largest absolute Gasteiger partial charge is 0.497 e. The minimum Gasteiger partial charge on any atom is -0.497 e. The summed E-state index contributed by atoms with van der Waals surface area (Å²) in [6, 6.07) is 2.09. The summed E-state index contributed by atoms with van der Waals surface area (Å²) in [5, 5.41) is 3.19. The molecule has 1 aliphatic heterocycles. The molecule has 0 aliphatic carbocycles. The number of methoxy groups -OCH3 is 1. The highest BCUT2D eigenvalue weighted by Gasteiger charge is 2.30. The Morgan fingerprint density at radius 3 is 2.60 bits per heavy atom. The first-order chi connectivity index (χ1) is 9.67. The average molecular weight is 285 g/mol. The van der Waals surface area contributed by atoms with E-state index in [4.69, 9.17) is 9.47 Å². The molecule has 0 aromatic heterocycles. The van der Waals surface area contributed by atoms with Gasteiger partial charge in [0.25, 0.3) is 0 Å². The molecule has 5 heteroatoms. The maximum absolute atomic E-state index is 14.2. The van der Waals surface area contributed by atoms with Crippen LogP contribution in [0, 0.1) is 17.6 Å². The van der Waals surface area contributed by atoms with E-state index in [2.05, 4.69) is 5.32 Å². The van der Waals surface area contributed by atoms with Crippen LogP contribution in [0.2, 0.25) is 0 Å². The molecule has 2 unspecified atom stereocenters. The monoisotopic (exact) mass is 285 g/mol. The van der Waals surface area contributed by atoms with E-state index in [-0.39, 0.29) is 23.3 Å². The Kier molecular flexibility index (Phi) is 5.31. The normalized spacial score (nSPS) is 20.7. The number of benzene rings is 1. The minimum absolute atomic E-state index is 0.0843. The topological polar surface area (TPSA) is 30.5 Å². The Morgan fingerprint density at radius 2 is 2.10 bits per heavy atom. The van der Waals surface area contributed by atoms with E-state index in [0.29, 0.717) is 13.2 Å². The molecular formula is C15H21F2NO2. The van der Waals surface area contributed by atoms with Gasteiger partial charge < -0.3 is 14.8 Å². The maximum Gasteiger partial charge on any atom is 0.134 e. The van der Waals surface area contributed by atoms with Crippen LogP contribution in [0.15, 0.2) is 12.1 Å². The lowest BCUT2D eigenvalue weighted by Gasteiger charge is -2.31. The molecule has 0 amide bonds. The summed E-state index contributed by atoms with van der Waals surface area (Å²) in [6.07, 6.45) is 1.83. The SMILES string of the molecule is CCNC(c1c(F)cc(OC)cc1F)C1CCCOC1. The molecule has 3 nitrogen and oxygen atoms in total. The molecule has 1 N–H and O–H groups in total. The van der Waals surface area contributed by atoms with Gasteiger partial charge in [-0.15, -0.1) is 0 Å². The predicted octanol–water partition coefficient (Wildman–Crippen LogP) is 3.05. The highest BCUT2D eigenvalue weighted by Crippen LogP contribution is 2.33. The fourth-order valence-electron chi connectivity index (χ4n) is 2.73. The number of rotatable bonds is 5. The number of hydrogen-bond donors (Lipinski definition) is 1. The molecule has 0 saturated carbocycles. The third-order valence-electron chi connectivity index (χ3n) is 3.69. The van der Waals surface area contributed by atoms with Crippen LogP contribution in [0.25, 0.3) is 0 Å². The molecular weight excluding hydrogens is 264 g/mol. The van der Waals surface area contributed by atoms with Crippen molar-refractivity contribution in [1.29, 1.82) is 0 Å². The van der Waals surface area contributed by atoms with E-state index in [1.807, 2.05) is 6.92 Å². The zero-order chi connectivity index (χ0) is 14.5. The highest BCUT2D eigenvalue weighted by molar-refractivity contribution is 5.33. The lowest BCUT2D eigenvalue weighted by atomic mass is 9.88. The molecule has 1 saturated heterocycles. The minimum atomic E-state index is -0.571. The van der Waals surface area contributed by atoms with Crippen molar-refractivity contribution in [1.82, 2.24) is 5.32 Å². The van der Waals surface area contributed by atoms with Crippen LogP contribution in [0.3, 0.4) is 0 Å². The van der Waals surface area contributed by atoms with Gasteiger partial charge in [0.2, 0.25) is 0 Å². The number of hydrogen-bond acceptors (Lipinski definition) is 3. The van der Waals surface area contributed by atoms with E-state index in [1.165, 1.54) is 19.2 Å². The van der Waals surface area contributed by atoms with Crippen molar-refractivity contribution in [3.8, 4) is 5.75 Å². The first-order valence-corrected chi connectivity index (χ1v) is 7.01. The van der Waals surface area contributed by atoms with Crippen LogP contribution in [-0.2, 0) is 4.74 Å². The van der Waals surface area contributed by atoms with Crippen LogP contribution in [-0.4, -0.2) is 26.9 Å². The summed E-state index contributed by atoms with van der Waals surface area (Å²) in [4.78, 5) is 0. The molecule has 1 aromatic carbocycles. The number of nitrogens with one attached hydrogen (secondary N) is 1. The van der Waals surface area contributed by atoms with Gasteiger partial charge in [0, 0.05) is 36.3 Å². The fraction of sp³-hybridized carbons (Fsp3) is 0.600. The van der Waals surface area contributed by atoms with E-state index < -0.39 is 11.6 Å². The zero-order valence-corrected chi connectivity index (χ0v) is 11.9. The lowest BCUT2D eigenvalue weighted by molar-refractivity contribution is 0.0381. The second kappa shape index (κ2) is 6.99. The summed E-state index contributed by atoms with van der Waals surface area (Å²) in [6.45, 7) is 3.83. The van der Waals surface area contributed by atoms with Gasteiger partial charge in [-0.2, -0.15) is 0 Å². The molecule has 1 fully saturated rings. The molecule has 0 radical (unpaired) electrons. The maximum atomic E-state index is 14.2. The van der Waals surface area contributed by atoms with Gasteiger partial charge in [0.1, 0.15) is 17.4 Å². The fourth-order valence-corrected chi connectivity index (χ4v) is 2.73. The van der Waals surface area contributed by atoms with Gasteiger partial charge in [-0.3, -0.25) is 0 Å². The molecule has 1 heterocycles. The summed E-state index contributed by atoms with van der Waals surface area (Å²) in [7, 11) is 1.39. The van der Waals surface area contributed by atoms with Crippen molar-refractivity contribution in [2.75, 3.05) is 26.9 Å². The van der Waals surface area contributed by atoms with Crippen LogP contribution < -0.4 is 10.1 Å². The van der Waals surface area contributed by atoms with Crippen molar-refractivity contribution < 1.29 is 18.3 Å². The smallest absolute Gasteiger partial charge is 0.134 e. The molecule has 0 bridgehead atoms. The number of ether oxygens (including phenoxy) is 2. The van der Waals surface area contributed by atoms with Crippen LogP contribution in [0.4, 0.5) is 8.78 Å². The molecule has 1 aliphatic rings. The van der Waals surface area contributed by atoms with Gasteiger partial charge in [-0.1, -0.05) is 6.92 Å². The molecule has 20 heavy (non-hydrogen) atoms. The van der Waals surface area contributed by atoms with Crippen molar-refractivity contribution in [3.05, 3.63) is 29.3 Å². The Hall–Kier alpha value is -1.20. The molecule has 2 atom stereocenters. The summed E-state index contributed by atoms with van der Waals surface area (Å²) < 4.78 is 38.8. The quantitative estimate of drug-likeness (QED) is 0.902. The van der Waals surface area contributed by atoms with Gasteiger partial charge in [-0.05, 0) is 19.4 Å². The van der Waals surface area contributed by atoms with Crippen molar-refractivity contribution >= 4 is 0 Å². The van der Waals surface area contributed by atoms with Gasteiger partial charge >= 0.3 is 0 Å². The van der Waals surface area contributed by atoms with Gasteiger partial charge in [-0.25, -0.2) is 8.78 Å². The van der Waals surface area contributed by atoms with E-state index >= 15 is 0 Å². The molecule has 1 aromatic rings. The molecule has 112 valence electrons. The molecule has 0 spiro atoms. The lowest BCUT2D eigenvalue weighted by Crippen LogP contribution is -2.34. The Labute approximate surface area is 118 Å². The Bertz CT molecular complexity index is 424. The van der Waals surface area contributed by atoms with Crippen molar-refractivity contribution in [3.63, 3.8) is 0 Å². The first-order valence-electron chi connectivity index (χ1n) is 7.01. The second-order valence-corrected chi connectivity index (χ2v) is 5.02. The van der Waals surface area contributed by atoms with Gasteiger partial charge in [0.15, 0.2) is 0 Å². The first kappa shape index (κ1) is 15.2. The van der Waals surface area contributed by atoms with Crippen LogP contribution in [0.1, 0.15) is 31.4 Å². The van der Waals surface area contributed by atoms with Crippen LogP contribution >= 0.6 is 0 Å². The summed E-state index contributed by atoms with van der Waals surface area (Å²) in [5.74, 6) is -0.864.